The van der Waals surface area contributed by atoms with Crippen molar-refractivity contribution in [2.45, 2.75) is 37.6 Å². The summed E-state index contributed by atoms with van der Waals surface area (Å²) < 4.78 is 27.6. The smallest absolute Gasteiger partial charge is 0.305 e. The SMILES string of the molecule is CC1CCN(S(=O)(=O)c2cnn(CCC(=O)O)c2)CC1. The number of piperidine rings is 1. The van der Waals surface area contributed by atoms with Crippen LogP contribution < -0.4 is 0 Å². The quantitative estimate of drug-likeness (QED) is 0.867. The second-order valence-electron chi connectivity index (χ2n) is 5.17. The molecule has 0 saturated carbocycles. The van der Waals surface area contributed by atoms with Crippen LogP contribution in [0.25, 0.3) is 0 Å². The number of rotatable bonds is 5. The third-order valence-electron chi connectivity index (χ3n) is 3.54. The lowest BCUT2D eigenvalue weighted by Gasteiger charge is -2.28. The zero-order valence-corrected chi connectivity index (χ0v) is 12.2. The van der Waals surface area contributed by atoms with E-state index in [2.05, 4.69) is 12.0 Å². The fourth-order valence-electron chi connectivity index (χ4n) is 2.18. The first-order chi connectivity index (χ1) is 9.39. The van der Waals surface area contributed by atoms with Gasteiger partial charge in [-0.2, -0.15) is 9.40 Å². The molecule has 0 radical (unpaired) electrons. The number of carbonyl (C=O) groups is 1. The number of hydrogen-bond acceptors (Lipinski definition) is 4. The summed E-state index contributed by atoms with van der Waals surface area (Å²) in [4.78, 5) is 10.6. The summed E-state index contributed by atoms with van der Waals surface area (Å²) in [6.07, 6.45) is 4.34. The number of carboxylic acid groups (broad SMARTS) is 1. The van der Waals surface area contributed by atoms with E-state index in [0.29, 0.717) is 19.0 Å². The molecule has 112 valence electrons. The minimum atomic E-state index is -3.50. The Morgan fingerprint density at radius 3 is 2.70 bits per heavy atom. The molecule has 7 nitrogen and oxygen atoms in total. The Balaban J connectivity index is 2.08. The molecule has 0 bridgehead atoms. The summed E-state index contributed by atoms with van der Waals surface area (Å²) in [5.74, 6) is -0.380. The van der Waals surface area contributed by atoms with Gasteiger partial charge in [0, 0.05) is 19.3 Å². The van der Waals surface area contributed by atoms with Crippen LogP contribution in [0.5, 0.6) is 0 Å². The van der Waals surface area contributed by atoms with Crippen LogP contribution in [-0.4, -0.2) is 46.7 Å². The molecule has 0 atom stereocenters. The first kappa shape index (κ1) is 15.0. The lowest BCUT2D eigenvalue weighted by molar-refractivity contribution is -0.137. The first-order valence-electron chi connectivity index (χ1n) is 6.64. The van der Waals surface area contributed by atoms with E-state index < -0.39 is 16.0 Å². The molecule has 0 aliphatic carbocycles. The highest BCUT2D eigenvalue weighted by Gasteiger charge is 2.29. The highest BCUT2D eigenvalue weighted by Crippen LogP contribution is 2.23. The molecule has 1 aromatic rings. The molecule has 2 heterocycles. The third-order valence-corrected chi connectivity index (χ3v) is 5.40. The van der Waals surface area contributed by atoms with Crippen LogP contribution in [0.3, 0.4) is 0 Å². The zero-order chi connectivity index (χ0) is 14.8. The topological polar surface area (TPSA) is 92.5 Å². The van der Waals surface area contributed by atoms with Crippen molar-refractivity contribution in [3.63, 3.8) is 0 Å². The molecule has 1 fully saturated rings. The van der Waals surface area contributed by atoms with Gasteiger partial charge in [-0.3, -0.25) is 9.48 Å². The Hall–Kier alpha value is -1.41. The molecule has 0 aromatic carbocycles. The lowest BCUT2D eigenvalue weighted by Crippen LogP contribution is -2.37. The molecule has 0 unspecified atom stereocenters. The largest absolute Gasteiger partial charge is 0.481 e. The van der Waals surface area contributed by atoms with Crippen molar-refractivity contribution in [1.82, 2.24) is 14.1 Å². The first-order valence-corrected chi connectivity index (χ1v) is 8.08. The van der Waals surface area contributed by atoms with Gasteiger partial charge in [-0.1, -0.05) is 6.92 Å². The Morgan fingerprint density at radius 1 is 1.45 bits per heavy atom. The Kier molecular flexibility index (Phi) is 4.44. The second-order valence-corrected chi connectivity index (χ2v) is 7.11. The molecule has 1 aliphatic rings. The number of hydrogen-bond donors (Lipinski definition) is 1. The fourth-order valence-corrected chi connectivity index (χ4v) is 3.61. The summed E-state index contributed by atoms with van der Waals surface area (Å²) in [7, 11) is -3.50. The molecule has 0 amide bonds. The van der Waals surface area contributed by atoms with Crippen molar-refractivity contribution in [3.05, 3.63) is 12.4 Å². The van der Waals surface area contributed by atoms with Gasteiger partial charge in [0.15, 0.2) is 0 Å². The van der Waals surface area contributed by atoms with Crippen molar-refractivity contribution in [3.8, 4) is 0 Å². The van der Waals surface area contributed by atoms with E-state index in [4.69, 9.17) is 5.11 Å². The van der Waals surface area contributed by atoms with E-state index in [9.17, 15) is 13.2 Å². The highest BCUT2D eigenvalue weighted by molar-refractivity contribution is 7.89. The maximum atomic E-state index is 12.4. The molecule has 20 heavy (non-hydrogen) atoms. The molecular formula is C12H19N3O4S. The monoisotopic (exact) mass is 301 g/mol. The lowest BCUT2D eigenvalue weighted by atomic mass is 10.0. The van der Waals surface area contributed by atoms with Gasteiger partial charge < -0.3 is 5.11 Å². The number of carboxylic acids is 1. The summed E-state index contributed by atoms with van der Waals surface area (Å²) >= 11 is 0. The van der Waals surface area contributed by atoms with E-state index in [1.54, 1.807) is 0 Å². The molecule has 1 saturated heterocycles. The predicted molar refractivity (Wildman–Crippen MR) is 71.6 cm³/mol. The molecular weight excluding hydrogens is 282 g/mol. The minimum absolute atomic E-state index is 0.0810. The molecule has 8 heteroatoms. The molecule has 1 aliphatic heterocycles. The van der Waals surface area contributed by atoms with Gasteiger partial charge in [0.1, 0.15) is 4.90 Å². The summed E-state index contributed by atoms with van der Waals surface area (Å²) in [6.45, 7) is 3.35. The van der Waals surface area contributed by atoms with Crippen molar-refractivity contribution in [1.29, 1.82) is 0 Å². The predicted octanol–water partition coefficient (Wildman–Crippen LogP) is 0.778. The normalized spacial score (nSPS) is 18.2. The van der Waals surface area contributed by atoms with Crippen molar-refractivity contribution in [2.24, 2.45) is 5.92 Å². The number of sulfonamides is 1. The van der Waals surface area contributed by atoms with Gasteiger partial charge in [0.2, 0.25) is 10.0 Å². The van der Waals surface area contributed by atoms with Gasteiger partial charge in [-0.15, -0.1) is 0 Å². The standard InChI is InChI=1S/C12H19N3O4S/c1-10-2-6-15(7-3-10)20(18,19)11-8-13-14(9-11)5-4-12(16)17/h8-10H,2-7H2,1H3,(H,16,17). The number of aliphatic carboxylic acids is 1. The highest BCUT2D eigenvalue weighted by atomic mass is 32.2. The summed E-state index contributed by atoms with van der Waals surface area (Å²) in [6, 6.07) is 0. The van der Waals surface area contributed by atoms with Crippen LogP contribution in [-0.2, 0) is 21.4 Å². The second kappa shape index (κ2) is 5.92. The Morgan fingerprint density at radius 2 is 2.10 bits per heavy atom. The van der Waals surface area contributed by atoms with E-state index in [0.717, 1.165) is 12.8 Å². The summed E-state index contributed by atoms with van der Waals surface area (Å²) in [5.41, 5.74) is 0. The van der Waals surface area contributed by atoms with Crippen LogP contribution in [0.15, 0.2) is 17.3 Å². The average Bonchev–Trinajstić information content (AvgIpc) is 2.86. The van der Waals surface area contributed by atoms with Gasteiger partial charge >= 0.3 is 5.97 Å². The van der Waals surface area contributed by atoms with Crippen LogP contribution in [0, 0.1) is 5.92 Å². The Bertz CT molecular complexity index is 573. The van der Waals surface area contributed by atoms with E-state index in [-0.39, 0.29) is 17.9 Å². The van der Waals surface area contributed by atoms with Crippen LogP contribution in [0.2, 0.25) is 0 Å². The van der Waals surface area contributed by atoms with Gasteiger partial charge in [0.05, 0.1) is 19.2 Å². The van der Waals surface area contributed by atoms with E-state index in [1.165, 1.54) is 21.4 Å². The zero-order valence-electron chi connectivity index (χ0n) is 11.4. The van der Waals surface area contributed by atoms with Crippen LogP contribution in [0.1, 0.15) is 26.2 Å². The maximum Gasteiger partial charge on any atom is 0.305 e. The van der Waals surface area contributed by atoms with Crippen molar-refractivity contribution < 1.29 is 18.3 Å². The number of nitrogens with zero attached hydrogens (tertiary/aromatic N) is 3. The average molecular weight is 301 g/mol. The molecule has 2 rings (SSSR count). The van der Waals surface area contributed by atoms with Crippen LogP contribution in [0.4, 0.5) is 0 Å². The molecule has 1 aromatic heterocycles. The van der Waals surface area contributed by atoms with Crippen molar-refractivity contribution in [2.75, 3.05) is 13.1 Å². The van der Waals surface area contributed by atoms with Gasteiger partial charge in [-0.05, 0) is 18.8 Å². The molecule has 0 spiro atoms. The van der Waals surface area contributed by atoms with Crippen LogP contribution >= 0.6 is 0 Å². The maximum absolute atomic E-state index is 12.4. The van der Waals surface area contributed by atoms with Gasteiger partial charge in [0.25, 0.3) is 0 Å². The van der Waals surface area contributed by atoms with Gasteiger partial charge in [-0.25, -0.2) is 8.42 Å². The van der Waals surface area contributed by atoms with Crippen molar-refractivity contribution >= 4 is 16.0 Å². The van der Waals surface area contributed by atoms with E-state index >= 15 is 0 Å². The number of aromatic nitrogens is 2. The van der Waals surface area contributed by atoms with E-state index in [1.807, 2.05) is 0 Å². The fraction of sp³-hybridized carbons (Fsp3) is 0.667. The minimum Gasteiger partial charge on any atom is -0.481 e. The summed E-state index contributed by atoms with van der Waals surface area (Å²) in [5, 5.41) is 12.5. The molecule has 1 N–H and O–H groups in total. The third kappa shape index (κ3) is 3.37. The Labute approximate surface area is 118 Å². The number of aryl methyl sites for hydroxylation is 1.